The molecule has 0 amide bonds. The van der Waals surface area contributed by atoms with Gasteiger partial charge < -0.3 is 0 Å². The Morgan fingerprint density at radius 3 is 2.42 bits per heavy atom. The molecule has 0 heterocycles. The van der Waals surface area contributed by atoms with Gasteiger partial charge in [0, 0.05) is 18.1 Å². The van der Waals surface area contributed by atoms with Crippen molar-refractivity contribution in [2.45, 2.75) is 51.6 Å². The molecule has 0 spiro atoms. The maximum absolute atomic E-state index is 10.9. The van der Waals surface area contributed by atoms with Crippen molar-refractivity contribution in [2.24, 2.45) is 0 Å². The number of hydrogen-bond acceptors (Lipinski definition) is 5. The van der Waals surface area contributed by atoms with Gasteiger partial charge in [-0.05, 0) is 45.8 Å². The Labute approximate surface area is 122 Å². The number of hydrogen-bond donors (Lipinski definition) is 1. The van der Waals surface area contributed by atoms with Gasteiger partial charge in [0.25, 0.3) is 0 Å². The molecule has 0 aromatic carbocycles. The molecule has 4 nitrogen and oxygen atoms in total. The number of nitrogens with one attached hydrogen (secondary N) is 1. The van der Waals surface area contributed by atoms with Crippen LogP contribution in [0.4, 0.5) is 0 Å². The zero-order valence-electron chi connectivity index (χ0n) is 12.4. The lowest BCUT2D eigenvalue weighted by atomic mass is 9.96. The molecule has 0 aromatic rings. The van der Waals surface area contributed by atoms with E-state index in [4.69, 9.17) is 0 Å². The Kier molecular flexibility index (Phi) is 8.71. The number of rotatable bonds is 10. The first kappa shape index (κ1) is 18.8. The average Bonchev–Trinajstić information content (AvgIpc) is 2.25. The highest BCUT2D eigenvalue weighted by Crippen LogP contribution is 2.15. The quantitative estimate of drug-likeness (QED) is 0.627. The molecular formula is C13H26N2O2S2. The van der Waals surface area contributed by atoms with E-state index < -0.39 is 15.4 Å². The van der Waals surface area contributed by atoms with Crippen LogP contribution in [0.2, 0.25) is 0 Å². The molecule has 0 aliphatic heterocycles. The van der Waals surface area contributed by atoms with Crippen molar-refractivity contribution in [3.05, 3.63) is 0 Å². The zero-order valence-corrected chi connectivity index (χ0v) is 14.0. The molecule has 19 heavy (non-hydrogen) atoms. The van der Waals surface area contributed by atoms with Crippen LogP contribution in [0.15, 0.2) is 0 Å². The van der Waals surface area contributed by atoms with Crippen LogP contribution >= 0.6 is 11.8 Å². The van der Waals surface area contributed by atoms with Crippen LogP contribution in [-0.4, -0.2) is 43.5 Å². The van der Waals surface area contributed by atoms with Crippen LogP contribution in [0.1, 0.15) is 40.0 Å². The maximum Gasteiger partial charge on any atom is 0.148 e. The Hall–Kier alpha value is -0.250. The van der Waals surface area contributed by atoms with Crippen LogP contribution in [-0.2, 0) is 9.84 Å². The predicted octanol–water partition coefficient (Wildman–Crippen LogP) is 2.21. The summed E-state index contributed by atoms with van der Waals surface area (Å²) in [7, 11) is -2.83. The summed E-state index contributed by atoms with van der Waals surface area (Å²) in [6.45, 7) is 6.01. The van der Waals surface area contributed by atoms with E-state index >= 15 is 0 Å². The predicted molar refractivity (Wildman–Crippen MR) is 83.2 cm³/mol. The van der Waals surface area contributed by atoms with Crippen LogP contribution in [0.5, 0.6) is 0 Å². The minimum atomic E-state index is -2.83. The van der Waals surface area contributed by atoms with Gasteiger partial charge in [-0.1, -0.05) is 0 Å². The van der Waals surface area contributed by atoms with Crippen molar-refractivity contribution in [1.82, 2.24) is 5.32 Å². The van der Waals surface area contributed by atoms with Crippen molar-refractivity contribution < 1.29 is 8.42 Å². The molecule has 0 radical (unpaired) electrons. The molecular weight excluding hydrogens is 280 g/mol. The fourth-order valence-corrected chi connectivity index (χ4v) is 4.09. The first-order valence-electron chi connectivity index (χ1n) is 6.63. The van der Waals surface area contributed by atoms with E-state index in [2.05, 4.69) is 11.4 Å². The molecule has 0 rings (SSSR count). The molecule has 112 valence electrons. The fourth-order valence-electron chi connectivity index (χ4n) is 1.79. The SMILES string of the molecule is CC(C)NC(C)(C#N)CCCCSCCS(C)(=O)=O. The van der Waals surface area contributed by atoms with E-state index in [1.54, 1.807) is 11.8 Å². The maximum atomic E-state index is 10.9. The molecule has 0 aliphatic carbocycles. The zero-order chi connectivity index (χ0) is 14.9. The second kappa shape index (κ2) is 8.83. The van der Waals surface area contributed by atoms with Gasteiger partial charge in [-0.25, -0.2) is 8.42 Å². The fraction of sp³-hybridized carbons (Fsp3) is 0.923. The molecule has 6 heteroatoms. The van der Waals surface area contributed by atoms with Gasteiger partial charge in [-0.2, -0.15) is 17.0 Å². The largest absolute Gasteiger partial charge is 0.297 e. The van der Waals surface area contributed by atoms with Gasteiger partial charge in [0.2, 0.25) is 0 Å². The lowest BCUT2D eigenvalue weighted by molar-refractivity contribution is 0.373. The van der Waals surface area contributed by atoms with Crippen molar-refractivity contribution >= 4 is 21.6 Å². The summed E-state index contributed by atoms with van der Waals surface area (Å²) in [5.74, 6) is 1.87. The number of thioether (sulfide) groups is 1. The third-order valence-electron chi connectivity index (χ3n) is 2.67. The lowest BCUT2D eigenvalue weighted by Gasteiger charge is -2.25. The summed E-state index contributed by atoms with van der Waals surface area (Å²) in [6.07, 6.45) is 4.10. The minimum Gasteiger partial charge on any atom is -0.297 e. The summed E-state index contributed by atoms with van der Waals surface area (Å²) in [5, 5.41) is 12.5. The third-order valence-corrected chi connectivity index (χ3v) is 4.94. The summed E-state index contributed by atoms with van der Waals surface area (Å²) >= 11 is 1.67. The first-order valence-corrected chi connectivity index (χ1v) is 9.84. The Balaban J connectivity index is 3.71. The van der Waals surface area contributed by atoms with Crippen molar-refractivity contribution in [2.75, 3.05) is 23.5 Å². The molecule has 0 saturated heterocycles. The van der Waals surface area contributed by atoms with Gasteiger partial charge in [0.1, 0.15) is 15.4 Å². The highest BCUT2D eigenvalue weighted by atomic mass is 32.2. The van der Waals surface area contributed by atoms with E-state index in [1.807, 2.05) is 20.8 Å². The monoisotopic (exact) mass is 306 g/mol. The standard InChI is InChI=1S/C13H26N2O2S2/c1-12(2)15-13(3,11-14)7-5-6-8-18-9-10-19(4,16)17/h12,15H,5-10H2,1-4H3. The van der Waals surface area contributed by atoms with Gasteiger partial charge in [-0.15, -0.1) is 0 Å². The second-order valence-electron chi connectivity index (χ2n) is 5.44. The van der Waals surface area contributed by atoms with Gasteiger partial charge in [0.15, 0.2) is 0 Å². The van der Waals surface area contributed by atoms with Crippen LogP contribution in [0.3, 0.4) is 0 Å². The smallest absolute Gasteiger partial charge is 0.148 e. The van der Waals surface area contributed by atoms with E-state index in [1.165, 1.54) is 6.26 Å². The average molecular weight is 306 g/mol. The molecule has 0 fully saturated rings. The number of unbranched alkanes of at least 4 members (excludes halogenated alkanes) is 1. The second-order valence-corrected chi connectivity index (χ2v) is 8.93. The van der Waals surface area contributed by atoms with E-state index in [9.17, 15) is 13.7 Å². The molecule has 0 aliphatic rings. The normalized spacial score (nSPS) is 15.2. The molecule has 0 aromatic heterocycles. The summed E-state index contributed by atoms with van der Waals surface area (Å²) in [6, 6.07) is 2.63. The first-order chi connectivity index (χ1) is 8.68. The molecule has 0 bridgehead atoms. The van der Waals surface area contributed by atoms with Crippen molar-refractivity contribution in [3.63, 3.8) is 0 Å². The third kappa shape index (κ3) is 11.3. The molecule has 0 saturated carbocycles. The van der Waals surface area contributed by atoms with Crippen molar-refractivity contribution in [1.29, 1.82) is 5.26 Å². The molecule has 1 unspecified atom stereocenters. The minimum absolute atomic E-state index is 0.252. The van der Waals surface area contributed by atoms with Crippen LogP contribution in [0, 0.1) is 11.3 Å². The lowest BCUT2D eigenvalue weighted by Crippen LogP contribution is -2.44. The van der Waals surface area contributed by atoms with Gasteiger partial charge in [-0.3, -0.25) is 5.32 Å². The van der Waals surface area contributed by atoms with E-state index in [0.717, 1.165) is 25.0 Å². The highest BCUT2D eigenvalue weighted by molar-refractivity contribution is 8.00. The van der Waals surface area contributed by atoms with Gasteiger partial charge in [0.05, 0.1) is 11.8 Å². The molecule has 1 N–H and O–H groups in total. The number of nitrogens with zero attached hydrogens (tertiary/aromatic N) is 1. The Morgan fingerprint density at radius 2 is 1.95 bits per heavy atom. The van der Waals surface area contributed by atoms with E-state index in [0.29, 0.717) is 11.8 Å². The van der Waals surface area contributed by atoms with Crippen LogP contribution in [0.25, 0.3) is 0 Å². The summed E-state index contributed by atoms with van der Waals surface area (Å²) in [5.41, 5.74) is -0.453. The Bertz CT molecular complexity index is 388. The summed E-state index contributed by atoms with van der Waals surface area (Å²) < 4.78 is 21.9. The molecule has 1 atom stereocenters. The topological polar surface area (TPSA) is 70.0 Å². The van der Waals surface area contributed by atoms with Crippen LogP contribution < -0.4 is 5.32 Å². The Morgan fingerprint density at radius 1 is 1.32 bits per heavy atom. The number of sulfone groups is 1. The van der Waals surface area contributed by atoms with Crippen molar-refractivity contribution in [3.8, 4) is 6.07 Å². The van der Waals surface area contributed by atoms with E-state index in [-0.39, 0.29) is 5.75 Å². The number of nitriles is 1. The van der Waals surface area contributed by atoms with Gasteiger partial charge >= 0.3 is 0 Å². The highest BCUT2D eigenvalue weighted by Gasteiger charge is 2.23. The summed E-state index contributed by atoms with van der Waals surface area (Å²) in [4.78, 5) is 0.